The Morgan fingerprint density at radius 3 is 2.46 bits per heavy atom. The third kappa shape index (κ3) is 1.53. The number of hydrogen-bond acceptors (Lipinski definition) is 4. The Balaban J connectivity index is 3.33. The Morgan fingerprint density at radius 1 is 1.38 bits per heavy atom. The molecule has 0 radical (unpaired) electrons. The number of anilines is 2. The Labute approximate surface area is 74.3 Å². The van der Waals surface area contributed by atoms with Crippen molar-refractivity contribution in [3.63, 3.8) is 0 Å². The van der Waals surface area contributed by atoms with Crippen molar-refractivity contribution in [1.82, 2.24) is 0 Å². The zero-order valence-corrected chi connectivity index (χ0v) is 7.00. The lowest BCUT2D eigenvalue weighted by Crippen LogP contribution is -2.10. The van der Waals surface area contributed by atoms with Crippen LogP contribution < -0.4 is 11.5 Å². The highest BCUT2D eigenvalue weighted by Gasteiger charge is 2.17. The fourth-order valence-electron chi connectivity index (χ4n) is 0.917. The first kappa shape index (κ1) is 9.31. The summed E-state index contributed by atoms with van der Waals surface area (Å²) in [6, 6.07) is 2.64. The quantitative estimate of drug-likeness (QED) is 0.499. The van der Waals surface area contributed by atoms with E-state index in [-0.39, 0.29) is 16.9 Å². The van der Waals surface area contributed by atoms with Gasteiger partial charge in [-0.25, -0.2) is 9.18 Å². The van der Waals surface area contributed by atoms with Gasteiger partial charge in [-0.2, -0.15) is 0 Å². The maximum atomic E-state index is 13.2. The molecule has 0 aliphatic rings. The summed E-state index contributed by atoms with van der Waals surface area (Å²) in [5, 5.41) is 0. The van der Waals surface area contributed by atoms with Crippen LogP contribution in [0.2, 0.25) is 0 Å². The van der Waals surface area contributed by atoms with Crippen LogP contribution in [0.3, 0.4) is 0 Å². The Kier molecular flexibility index (Phi) is 2.36. The summed E-state index contributed by atoms with van der Waals surface area (Å²) >= 11 is 0. The van der Waals surface area contributed by atoms with Crippen molar-refractivity contribution < 1.29 is 13.9 Å². The first-order valence-electron chi connectivity index (χ1n) is 3.49. The molecule has 13 heavy (non-hydrogen) atoms. The van der Waals surface area contributed by atoms with Crippen molar-refractivity contribution in [3.05, 3.63) is 23.5 Å². The lowest BCUT2D eigenvalue weighted by molar-refractivity contribution is 0.0597. The molecule has 0 saturated heterocycles. The normalized spacial score (nSPS) is 9.69. The van der Waals surface area contributed by atoms with Crippen LogP contribution in [-0.2, 0) is 4.74 Å². The summed E-state index contributed by atoms with van der Waals surface area (Å²) in [6.45, 7) is 0. The smallest absolute Gasteiger partial charge is 0.343 e. The Bertz CT molecular complexity index is 352. The molecule has 0 spiro atoms. The molecule has 0 aromatic heterocycles. The lowest BCUT2D eigenvalue weighted by atomic mass is 10.1. The van der Waals surface area contributed by atoms with Gasteiger partial charge in [0.2, 0.25) is 0 Å². The zero-order valence-electron chi connectivity index (χ0n) is 7.00. The molecule has 0 aliphatic heterocycles. The van der Waals surface area contributed by atoms with Crippen LogP contribution in [0.1, 0.15) is 10.4 Å². The molecular formula is C8H9FN2O2. The molecule has 1 aromatic carbocycles. The summed E-state index contributed by atoms with van der Waals surface area (Å²) in [5.41, 5.74) is 10.2. The molecule has 0 aliphatic carbocycles. The number of hydrogen-bond donors (Lipinski definition) is 2. The minimum absolute atomic E-state index is 0.0125. The molecule has 70 valence electrons. The molecule has 5 heteroatoms. The number of halogens is 1. The van der Waals surface area contributed by atoms with Crippen LogP contribution in [0.5, 0.6) is 0 Å². The van der Waals surface area contributed by atoms with Gasteiger partial charge in [0.25, 0.3) is 0 Å². The van der Waals surface area contributed by atoms with Gasteiger partial charge in [-0.3, -0.25) is 0 Å². The van der Waals surface area contributed by atoms with Crippen LogP contribution in [-0.4, -0.2) is 13.1 Å². The van der Waals surface area contributed by atoms with Gasteiger partial charge >= 0.3 is 5.97 Å². The second-order valence-electron chi connectivity index (χ2n) is 2.42. The van der Waals surface area contributed by atoms with E-state index in [1.165, 1.54) is 12.1 Å². The number of carbonyl (C=O) groups excluding carboxylic acids is 1. The van der Waals surface area contributed by atoms with Crippen LogP contribution in [0, 0.1) is 5.82 Å². The van der Waals surface area contributed by atoms with E-state index in [0.29, 0.717) is 0 Å². The fourth-order valence-corrected chi connectivity index (χ4v) is 0.917. The Morgan fingerprint density at radius 2 is 1.92 bits per heavy atom. The van der Waals surface area contributed by atoms with Gasteiger partial charge in [0.05, 0.1) is 12.8 Å². The highest BCUT2D eigenvalue weighted by Crippen LogP contribution is 2.21. The van der Waals surface area contributed by atoms with Gasteiger partial charge in [-0.1, -0.05) is 0 Å². The number of benzene rings is 1. The molecule has 0 amide bonds. The molecule has 4 nitrogen and oxygen atoms in total. The van der Waals surface area contributed by atoms with Gasteiger partial charge in [-0.15, -0.1) is 0 Å². The second kappa shape index (κ2) is 3.30. The van der Waals surface area contributed by atoms with Gasteiger partial charge in [0.15, 0.2) is 5.82 Å². The second-order valence-corrected chi connectivity index (χ2v) is 2.42. The van der Waals surface area contributed by atoms with Gasteiger partial charge in [0.1, 0.15) is 5.56 Å². The van der Waals surface area contributed by atoms with Crippen LogP contribution in [0.15, 0.2) is 12.1 Å². The number of rotatable bonds is 1. The Hall–Kier alpha value is -1.78. The molecular weight excluding hydrogens is 175 g/mol. The largest absolute Gasteiger partial charge is 0.465 e. The van der Waals surface area contributed by atoms with Gasteiger partial charge in [0, 0.05) is 5.69 Å². The van der Waals surface area contributed by atoms with E-state index in [9.17, 15) is 9.18 Å². The first-order valence-corrected chi connectivity index (χ1v) is 3.49. The first-order chi connectivity index (χ1) is 6.07. The summed E-state index contributed by atoms with van der Waals surface area (Å²) < 4.78 is 17.5. The lowest BCUT2D eigenvalue weighted by Gasteiger charge is -2.06. The van der Waals surface area contributed by atoms with Gasteiger partial charge < -0.3 is 16.2 Å². The van der Waals surface area contributed by atoms with Gasteiger partial charge in [-0.05, 0) is 12.1 Å². The van der Waals surface area contributed by atoms with E-state index in [1.807, 2.05) is 0 Å². The van der Waals surface area contributed by atoms with Crippen LogP contribution in [0.25, 0.3) is 0 Å². The third-order valence-electron chi connectivity index (χ3n) is 1.59. The van der Waals surface area contributed by atoms with E-state index >= 15 is 0 Å². The van der Waals surface area contributed by atoms with Crippen LogP contribution >= 0.6 is 0 Å². The number of nitrogen functional groups attached to an aromatic ring is 2. The van der Waals surface area contributed by atoms with E-state index < -0.39 is 11.8 Å². The predicted octanol–water partition coefficient (Wildman–Crippen LogP) is 0.777. The van der Waals surface area contributed by atoms with Crippen LogP contribution in [0.4, 0.5) is 15.8 Å². The number of nitrogens with two attached hydrogens (primary N) is 2. The molecule has 0 atom stereocenters. The summed E-state index contributed by atoms with van der Waals surface area (Å²) in [5.74, 6) is -1.67. The molecule has 0 unspecified atom stereocenters. The molecule has 0 saturated carbocycles. The molecule has 1 aromatic rings. The minimum atomic E-state index is -0.841. The fraction of sp³-hybridized carbons (Fsp3) is 0.125. The summed E-state index contributed by atoms with van der Waals surface area (Å²) in [7, 11) is 1.14. The summed E-state index contributed by atoms with van der Waals surface area (Å²) in [6.07, 6.45) is 0. The van der Waals surface area contributed by atoms with E-state index in [4.69, 9.17) is 11.5 Å². The molecule has 0 heterocycles. The van der Waals surface area contributed by atoms with Crippen molar-refractivity contribution in [2.75, 3.05) is 18.6 Å². The van der Waals surface area contributed by atoms with Crippen molar-refractivity contribution in [2.24, 2.45) is 0 Å². The number of carbonyl (C=O) groups is 1. The van der Waals surface area contributed by atoms with E-state index in [2.05, 4.69) is 4.74 Å². The number of esters is 1. The highest BCUT2D eigenvalue weighted by atomic mass is 19.1. The third-order valence-corrected chi connectivity index (χ3v) is 1.59. The van der Waals surface area contributed by atoms with E-state index in [1.54, 1.807) is 0 Å². The molecule has 1 rings (SSSR count). The van der Waals surface area contributed by atoms with E-state index in [0.717, 1.165) is 7.11 Å². The maximum Gasteiger partial charge on any atom is 0.343 e. The average Bonchev–Trinajstić information content (AvgIpc) is 2.12. The molecule has 0 bridgehead atoms. The predicted molar refractivity (Wildman–Crippen MR) is 46.6 cm³/mol. The van der Waals surface area contributed by atoms with Crippen molar-refractivity contribution in [2.45, 2.75) is 0 Å². The SMILES string of the molecule is COC(=O)c1c(N)ccc(N)c1F. The monoisotopic (exact) mass is 184 g/mol. The van der Waals surface area contributed by atoms with Crippen molar-refractivity contribution in [3.8, 4) is 0 Å². The molecule has 4 N–H and O–H groups in total. The maximum absolute atomic E-state index is 13.2. The summed E-state index contributed by atoms with van der Waals surface area (Å²) in [4.78, 5) is 11.0. The van der Waals surface area contributed by atoms with Crippen molar-refractivity contribution in [1.29, 1.82) is 0 Å². The minimum Gasteiger partial charge on any atom is -0.465 e. The van der Waals surface area contributed by atoms with Crippen molar-refractivity contribution >= 4 is 17.3 Å². The average molecular weight is 184 g/mol. The molecule has 0 fully saturated rings. The topological polar surface area (TPSA) is 78.3 Å². The number of ether oxygens (including phenoxy) is 1. The standard InChI is InChI=1S/C8H9FN2O2/c1-13-8(12)6-4(10)2-3-5(11)7(6)9/h2-3H,10-11H2,1H3. The number of methoxy groups -OCH3 is 1. The highest BCUT2D eigenvalue weighted by molar-refractivity contribution is 5.96. The zero-order chi connectivity index (χ0) is 10.0.